The molecule has 0 aliphatic carbocycles. The standard InChI is InChI=1S/C18H19Cl2N3O3/c1-26-14-4-2-12(3-5-14)17(24)13-6-8-22(9-7-13)11-23-18(25)16(20)15(19)10-21-23/h2-5,10,13H,6-9,11H2,1H3. The van der Waals surface area contributed by atoms with Gasteiger partial charge in [-0.15, -0.1) is 0 Å². The normalized spacial score (nSPS) is 15.8. The Labute approximate surface area is 161 Å². The van der Waals surface area contributed by atoms with Crippen molar-refractivity contribution < 1.29 is 9.53 Å². The van der Waals surface area contributed by atoms with Crippen molar-refractivity contribution in [3.05, 3.63) is 56.4 Å². The van der Waals surface area contributed by atoms with Crippen LogP contribution in [-0.2, 0) is 6.67 Å². The number of piperidine rings is 1. The molecule has 6 nitrogen and oxygen atoms in total. The summed E-state index contributed by atoms with van der Waals surface area (Å²) in [7, 11) is 1.60. The average Bonchev–Trinajstić information content (AvgIpc) is 2.68. The molecule has 0 saturated carbocycles. The summed E-state index contributed by atoms with van der Waals surface area (Å²) in [6, 6.07) is 7.19. The quantitative estimate of drug-likeness (QED) is 0.727. The second kappa shape index (κ2) is 8.20. The van der Waals surface area contributed by atoms with Crippen molar-refractivity contribution in [1.82, 2.24) is 14.7 Å². The van der Waals surface area contributed by atoms with Gasteiger partial charge in [-0.3, -0.25) is 14.5 Å². The molecule has 1 saturated heterocycles. The van der Waals surface area contributed by atoms with Gasteiger partial charge in [0.15, 0.2) is 5.78 Å². The lowest BCUT2D eigenvalue weighted by Crippen LogP contribution is -2.40. The van der Waals surface area contributed by atoms with Crippen LogP contribution in [0.2, 0.25) is 10.0 Å². The molecule has 0 N–H and O–H groups in total. The van der Waals surface area contributed by atoms with Crippen LogP contribution < -0.4 is 10.3 Å². The summed E-state index contributed by atoms with van der Waals surface area (Å²) in [6.45, 7) is 1.75. The first-order valence-corrected chi connectivity index (χ1v) is 9.07. The monoisotopic (exact) mass is 395 g/mol. The fourth-order valence-electron chi connectivity index (χ4n) is 3.06. The number of carbonyl (C=O) groups is 1. The van der Waals surface area contributed by atoms with E-state index in [-0.39, 0.29) is 21.7 Å². The SMILES string of the molecule is COc1ccc(C(=O)C2CCN(Cn3ncc(Cl)c(Cl)c3=O)CC2)cc1. The molecule has 8 heteroatoms. The fraction of sp³-hybridized carbons (Fsp3) is 0.389. The minimum atomic E-state index is -0.407. The highest BCUT2D eigenvalue weighted by atomic mass is 35.5. The zero-order valence-electron chi connectivity index (χ0n) is 14.3. The minimum absolute atomic E-state index is 0.0156. The van der Waals surface area contributed by atoms with Gasteiger partial charge in [0.05, 0.1) is 25.0 Å². The van der Waals surface area contributed by atoms with E-state index in [0.717, 1.165) is 18.6 Å². The molecule has 2 heterocycles. The molecule has 2 aromatic rings. The van der Waals surface area contributed by atoms with Crippen LogP contribution in [0.5, 0.6) is 5.75 Å². The van der Waals surface area contributed by atoms with E-state index in [9.17, 15) is 9.59 Å². The van der Waals surface area contributed by atoms with Crippen LogP contribution in [0.25, 0.3) is 0 Å². The first kappa shape index (κ1) is 18.9. The lowest BCUT2D eigenvalue weighted by molar-refractivity contribution is 0.0801. The Hall–Kier alpha value is -1.89. The third-order valence-electron chi connectivity index (χ3n) is 4.61. The summed E-state index contributed by atoms with van der Waals surface area (Å²) in [5, 5.41) is 4.15. The Morgan fingerprint density at radius 2 is 1.88 bits per heavy atom. The van der Waals surface area contributed by atoms with Crippen molar-refractivity contribution >= 4 is 29.0 Å². The Morgan fingerprint density at radius 3 is 2.50 bits per heavy atom. The van der Waals surface area contributed by atoms with Gasteiger partial charge in [0.25, 0.3) is 5.56 Å². The molecule has 1 aliphatic rings. The maximum Gasteiger partial charge on any atom is 0.288 e. The summed E-state index contributed by atoms with van der Waals surface area (Å²) < 4.78 is 6.41. The van der Waals surface area contributed by atoms with Crippen LogP contribution in [0.4, 0.5) is 0 Å². The van der Waals surface area contributed by atoms with Crippen LogP contribution in [0.1, 0.15) is 23.2 Å². The number of nitrogens with zero attached hydrogens (tertiary/aromatic N) is 3. The average molecular weight is 396 g/mol. The number of ether oxygens (including phenoxy) is 1. The number of halogens is 2. The minimum Gasteiger partial charge on any atom is -0.497 e. The van der Waals surface area contributed by atoms with Gasteiger partial charge in [0.2, 0.25) is 0 Å². The second-order valence-electron chi connectivity index (χ2n) is 6.24. The molecule has 26 heavy (non-hydrogen) atoms. The number of likely N-dealkylation sites (tertiary alicyclic amines) is 1. The van der Waals surface area contributed by atoms with E-state index in [1.165, 1.54) is 10.9 Å². The summed E-state index contributed by atoms with van der Waals surface area (Å²) in [4.78, 5) is 26.8. The second-order valence-corrected chi connectivity index (χ2v) is 7.02. The van der Waals surface area contributed by atoms with Crippen LogP contribution in [0.15, 0.2) is 35.3 Å². The molecule has 0 atom stereocenters. The van der Waals surface area contributed by atoms with Gasteiger partial charge < -0.3 is 4.74 Å². The summed E-state index contributed by atoms with van der Waals surface area (Å²) in [5.41, 5.74) is 0.294. The van der Waals surface area contributed by atoms with Gasteiger partial charge in [-0.2, -0.15) is 5.10 Å². The molecule has 0 radical (unpaired) electrons. The molecule has 0 amide bonds. The first-order valence-electron chi connectivity index (χ1n) is 8.31. The molecular weight excluding hydrogens is 377 g/mol. The largest absolute Gasteiger partial charge is 0.497 e. The number of hydrogen-bond donors (Lipinski definition) is 0. The highest BCUT2D eigenvalue weighted by Crippen LogP contribution is 2.23. The van der Waals surface area contributed by atoms with E-state index in [1.54, 1.807) is 31.4 Å². The van der Waals surface area contributed by atoms with E-state index < -0.39 is 5.56 Å². The van der Waals surface area contributed by atoms with Crippen LogP contribution in [0, 0.1) is 5.92 Å². The number of ketones is 1. The van der Waals surface area contributed by atoms with E-state index in [1.807, 2.05) is 0 Å². The van der Waals surface area contributed by atoms with Gasteiger partial charge >= 0.3 is 0 Å². The fourth-order valence-corrected chi connectivity index (χ4v) is 3.33. The van der Waals surface area contributed by atoms with Crippen molar-refractivity contribution in [1.29, 1.82) is 0 Å². The molecule has 1 fully saturated rings. The van der Waals surface area contributed by atoms with Gasteiger partial charge in [0.1, 0.15) is 10.8 Å². The van der Waals surface area contributed by atoms with Crippen molar-refractivity contribution in [3.63, 3.8) is 0 Å². The smallest absolute Gasteiger partial charge is 0.288 e. The maximum atomic E-state index is 12.6. The van der Waals surface area contributed by atoms with Gasteiger partial charge in [-0.25, -0.2) is 4.68 Å². The Morgan fingerprint density at radius 1 is 1.23 bits per heavy atom. The Kier molecular flexibility index (Phi) is 5.96. The van der Waals surface area contributed by atoms with Crippen LogP contribution in [0.3, 0.4) is 0 Å². The lowest BCUT2D eigenvalue weighted by atomic mass is 9.89. The number of rotatable bonds is 5. The number of hydrogen-bond acceptors (Lipinski definition) is 5. The molecule has 1 aliphatic heterocycles. The van der Waals surface area contributed by atoms with Crippen molar-refractivity contribution in [2.24, 2.45) is 5.92 Å². The highest BCUT2D eigenvalue weighted by molar-refractivity contribution is 6.41. The molecule has 0 unspecified atom stereocenters. The van der Waals surface area contributed by atoms with Crippen molar-refractivity contribution in [3.8, 4) is 5.75 Å². The van der Waals surface area contributed by atoms with Gasteiger partial charge in [-0.05, 0) is 37.1 Å². The summed E-state index contributed by atoms with van der Waals surface area (Å²) >= 11 is 11.7. The van der Waals surface area contributed by atoms with E-state index in [2.05, 4.69) is 10.00 Å². The molecule has 0 bridgehead atoms. The molecular formula is C18H19Cl2N3O3. The van der Waals surface area contributed by atoms with Crippen molar-refractivity contribution in [2.45, 2.75) is 19.5 Å². The molecule has 1 aromatic carbocycles. The third-order valence-corrected chi connectivity index (χ3v) is 5.36. The molecule has 0 spiro atoms. The zero-order valence-corrected chi connectivity index (χ0v) is 15.8. The summed E-state index contributed by atoms with van der Waals surface area (Å²) in [6.07, 6.45) is 2.84. The number of Topliss-reactive ketones (excluding diaryl/α,β-unsaturated/α-hetero) is 1. The predicted molar refractivity (Wildman–Crippen MR) is 100 cm³/mol. The molecule has 3 rings (SSSR count). The number of carbonyl (C=O) groups excluding carboxylic acids is 1. The summed E-state index contributed by atoms with van der Waals surface area (Å²) in [5.74, 6) is 0.867. The van der Waals surface area contributed by atoms with E-state index >= 15 is 0 Å². The Bertz CT molecular complexity index is 844. The topological polar surface area (TPSA) is 64.4 Å². The molecule has 1 aromatic heterocycles. The van der Waals surface area contributed by atoms with Crippen LogP contribution >= 0.6 is 23.2 Å². The Balaban J connectivity index is 1.59. The van der Waals surface area contributed by atoms with Gasteiger partial charge in [-0.1, -0.05) is 23.2 Å². The van der Waals surface area contributed by atoms with E-state index in [4.69, 9.17) is 27.9 Å². The zero-order chi connectivity index (χ0) is 18.7. The molecule has 138 valence electrons. The maximum absolute atomic E-state index is 12.6. The predicted octanol–water partition coefficient (Wildman–Crippen LogP) is 3.11. The lowest BCUT2D eigenvalue weighted by Gasteiger charge is -2.31. The van der Waals surface area contributed by atoms with Crippen LogP contribution in [-0.4, -0.2) is 40.7 Å². The highest BCUT2D eigenvalue weighted by Gasteiger charge is 2.26. The number of aromatic nitrogens is 2. The number of methoxy groups -OCH3 is 1. The van der Waals surface area contributed by atoms with Crippen molar-refractivity contribution in [2.75, 3.05) is 20.2 Å². The third kappa shape index (κ3) is 4.09. The first-order chi connectivity index (χ1) is 12.5. The van der Waals surface area contributed by atoms with E-state index in [0.29, 0.717) is 25.3 Å². The number of benzene rings is 1. The van der Waals surface area contributed by atoms with Gasteiger partial charge in [0, 0.05) is 24.6 Å².